The molecule has 13 heavy (non-hydrogen) atoms. The van der Waals surface area contributed by atoms with Crippen LogP contribution in [0.4, 0.5) is 5.82 Å². The molecule has 2 N–H and O–H groups in total. The van der Waals surface area contributed by atoms with Crippen LogP contribution in [0, 0.1) is 6.92 Å². The molecule has 0 radical (unpaired) electrons. The van der Waals surface area contributed by atoms with Crippen molar-refractivity contribution in [3.8, 4) is 5.13 Å². The summed E-state index contributed by atoms with van der Waals surface area (Å²) < 4.78 is 6.41. The average Bonchev–Trinajstić information content (AvgIpc) is 2.61. The second-order valence-corrected chi connectivity index (χ2v) is 4.02. The zero-order valence-electron chi connectivity index (χ0n) is 6.73. The molecule has 0 aromatic carbocycles. The van der Waals surface area contributed by atoms with Gasteiger partial charge in [0.15, 0.2) is 5.82 Å². The molecule has 0 aliphatic heterocycles. The molecule has 0 fully saturated rings. The molecule has 0 spiro atoms. The minimum absolute atomic E-state index is 0.452. The largest absolute Gasteiger partial charge is 0.381 e. The van der Waals surface area contributed by atoms with E-state index in [0.29, 0.717) is 5.82 Å². The first kappa shape index (κ1) is 8.64. The standard InChI is InChI=1S/C6H6BrN5S/c1-3-9-6(13-11-3)12-2-4(7)5(8)10-12/h2H,1H3,(H2,8,10). The Kier molecular flexibility index (Phi) is 2.04. The lowest BCUT2D eigenvalue weighted by Crippen LogP contribution is -1.95. The van der Waals surface area contributed by atoms with Crippen molar-refractivity contribution in [2.45, 2.75) is 6.92 Å². The van der Waals surface area contributed by atoms with Crippen molar-refractivity contribution < 1.29 is 0 Å². The maximum atomic E-state index is 5.56. The number of nitrogens with two attached hydrogens (primary N) is 1. The molecule has 0 unspecified atom stereocenters. The number of rotatable bonds is 1. The van der Waals surface area contributed by atoms with E-state index >= 15 is 0 Å². The third kappa shape index (κ3) is 1.56. The fourth-order valence-electron chi connectivity index (χ4n) is 0.843. The number of halogens is 1. The fourth-order valence-corrected chi connectivity index (χ4v) is 1.72. The van der Waals surface area contributed by atoms with Crippen molar-refractivity contribution in [1.29, 1.82) is 0 Å². The van der Waals surface area contributed by atoms with Crippen LogP contribution in [0.15, 0.2) is 10.7 Å². The quantitative estimate of drug-likeness (QED) is 0.840. The van der Waals surface area contributed by atoms with Crippen molar-refractivity contribution in [2.24, 2.45) is 0 Å². The van der Waals surface area contributed by atoms with E-state index in [4.69, 9.17) is 5.73 Å². The highest BCUT2D eigenvalue weighted by molar-refractivity contribution is 9.10. The van der Waals surface area contributed by atoms with E-state index in [1.165, 1.54) is 11.5 Å². The number of anilines is 1. The molecule has 0 saturated carbocycles. The van der Waals surface area contributed by atoms with Gasteiger partial charge in [-0.15, -0.1) is 5.10 Å². The van der Waals surface area contributed by atoms with Gasteiger partial charge >= 0.3 is 0 Å². The molecule has 0 bridgehead atoms. The first-order valence-electron chi connectivity index (χ1n) is 3.48. The van der Waals surface area contributed by atoms with Crippen LogP contribution in [0.25, 0.3) is 5.13 Å². The summed E-state index contributed by atoms with van der Waals surface area (Å²) in [5.74, 6) is 1.19. The summed E-state index contributed by atoms with van der Waals surface area (Å²) in [4.78, 5) is 4.17. The summed E-state index contributed by atoms with van der Waals surface area (Å²) in [6, 6.07) is 0. The summed E-state index contributed by atoms with van der Waals surface area (Å²) in [7, 11) is 0. The first-order chi connectivity index (χ1) is 6.16. The second kappa shape index (κ2) is 3.08. The van der Waals surface area contributed by atoms with Gasteiger partial charge in [-0.1, -0.05) is 0 Å². The summed E-state index contributed by atoms with van der Waals surface area (Å²) >= 11 is 4.56. The van der Waals surface area contributed by atoms with Crippen molar-refractivity contribution in [3.05, 3.63) is 16.5 Å². The molecule has 2 heterocycles. The first-order valence-corrected chi connectivity index (χ1v) is 5.05. The van der Waals surface area contributed by atoms with Crippen LogP contribution in [-0.4, -0.2) is 19.1 Å². The van der Waals surface area contributed by atoms with E-state index < -0.39 is 0 Å². The highest BCUT2D eigenvalue weighted by Crippen LogP contribution is 2.19. The van der Waals surface area contributed by atoms with Crippen LogP contribution in [0.5, 0.6) is 0 Å². The maximum Gasteiger partial charge on any atom is 0.230 e. The maximum absolute atomic E-state index is 5.56. The molecule has 5 nitrogen and oxygen atoms in total. The fraction of sp³-hybridized carbons (Fsp3) is 0.167. The Morgan fingerprint density at radius 2 is 2.38 bits per heavy atom. The van der Waals surface area contributed by atoms with Gasteiger partial charge in [0, 0.05) is 17.7 Å². The van der Waals surface area contributed by atoms with Gasteiger partial charge in [-0.25, -0.2) is 9.67 Å². The summed E-state index contributed by atoms with van der Waals surface area (Å²) in [5, 5.41) is 4.77. The number of nitrogen functional groups attached to an aromatic ring is 1. The van der Waals surface area contributed by atoms with Gasteiger partial charge in [-0.05, 0) is 22.9 Å². The van der Waals surface area contributed by atoms with Gasteiger partial charge < -0.3 is 5.73 Å². The Labute approximate surface area is 86.9 Å². The topological polar surface area (TPSA) is 69.6 Å². The van der Waals surface area contributed by atoms with Gasteiger partial charge in [0.25, 0.3) is 0 Å². The molecule has 0 saturated heterocycles. The number of hydrogen-bond donors (Lipinski definition) is 1. The van der Waals surface area contributed by atoms with E-state index in [0.717, 1.165) is 15.4 Å². The highest BCUT2D eigenvalue weighted by Gasteiger charge is 2.07. The molecule has 2 aromatic rings. The molecule has 7 heteroatoms. The van der Waals surface area contributed by atoms with Crippen molar-refractivity contribution in [3.63, 3.8) is 0 Å². The smallest absolute Gasteiger partial charge is 0.230 e. The Bertz CT molecular complexity index is 414. The molecule has 2 rings (SSSR count). The molecule has 2 aromatic heterocycles. The van der Waals surface area contributed by atoms with Crippen LogP contribution in [0.1, 0.15) is 5.82 Å². The molecule has 0 aliphatic rings. The third-order valence-electron chi connectivity index (χ3n) is 1.41. The Morgan fingerprint density at radius 3 is 2.85 bits per heavy atom. The normalized spacial score (nSPS) is 10.6. The number of aromatic nitrogens is 4. The van der Waals surface area contributed by atoms with Gasteiger partial charge in [0.2, 0.25) is 5.13 Å². The van der Waals surface area contributed by atoms with Gasteiger partial charge in [0.05, 0.1) is 4.47 Å². The molecule has 68 valence electrons. The lowest BCUT2D eigenvalue weighted by Gasteiger charge is -1.89. The number of nitrogens with zero attached hydrogens (tertiary/aromatic N) is 4. The van der Waals surface area contributed by atoms with E-state index in [9.17, 15) is 0 Å². The van der Waals surface area contributed by atoms with Crippen LogP contribution in [0.2, 0.25) is 0 Å². The Balaban J connectivity index is 2.46. The van der Waals surface area contributed by atoms with Crippen LogP contribution in [-0.2, 0) is 0 Å². The van der Waals surface area contributed by atoms with Crippen molar-refractivity contribution in [2.75, 3.05) is 5.73 Å². The summed E-state index contributed by atoms with van der Waals surface area (Å²) in [6.45, 7) is 1.84. The van der Waals surface area contributed by atoms with E-state index in [1.54, 1.807) is 10.9 Å². The minimum atomic E-state index is 0.452. The second-order valence-electron chi connectivity index (χ2n) is 2.43. The third-order valence-corrected chi connectivity index (χ3v) is 2.82. The molecule has 0 atom stereocenters. The minimum Gasteiger partial charge on any atom is -0.381 e. The van der Waals surface area contributed by atoms with Gasteiger partial charge in [0.1, 0.15) is 5.82 Å². The molecular formula is C6H6BrN5S. The molecular weight excluding hydrogens is 254 g/mol. The van der Waals surface area contributed by atoms with Crippen molar-refractivity contribution in [1.82, 2.24) is 19.1 Å². The van der Waals surface area contributed by atoms with Gasteiger partial charge in [-0.3, -0.25) is 0 Å². The van der Waals surface area contributed by atoms with Crippen LogP contribution >= 0.6 is 27.5 Å². The van der Waals surface area contributed by atoms with Crippen LogP contribution < -0.4 is 5.73 Å². The highest BCUT2D eigenvalue weighted by atomic mass is 79.9. The zero-order chi connectivity index (χ0) is 9.42. The SMILES string of the molecule is Cc1nsc(-n2cc(Br)c(N)n2)n1. The van der Waals surface area contributed by atoms with E-state index in [2.05, 4.69) is 30.4 Å². The van der Waals surface area contributed by atoms with Crippen molar-refractivity contribution >= 4 is 33.3 Å². The predicted octanol–water partition coefficient (Wildman–Crippen LogP) is 1.38. The van der Waals surface area contributed by atoms with E-state index in [1.807, 2.05) is 6.92 Å². The van der Waals surface area contributed by atoms with Crippen LogP contribution in [0.3, 0.4) is 0 Å². The lowest BCUT2D eigenvalue weighted by atomic mass is 10.7. The summed E-state index contributed by atoms with van der Waals surface area (Å²) in [6.07, 6.45) is 1.76. The summed E-state index contributed by atoms with van der Waals surface area (Å²) in [5.41, 5.74) is 5.56. The predicted molar refractivity (Wildman–Crippen MR) is 53.9 cm³/mol. The zero-order valence-corrected chi connectivity index (χ0v) is 9.13. The average molecular weight is 260 g/mol. The number of hydrogen-bond acceptors (Lipinski definition) is 5. The lowest BCUT2D eigenvalue weighted by molar-refractivity contribution is 0.868. The van der Waals surface area contributed by atoms with E-state index in [-0.39, 0.29) is 0 Å². The number of aryl methyl sites for hydroxylation is 1. The monoisotopic (exact) mass is 259 g/mol. The molecule has 0 aliphatic carbocycles. The Hall–Kier alpha value is -0.950. The van der Waals surface area contributed by atoms with Gasteiger partial charge in [-0.2, -0.15) is 4.37 Å². The molecule has 0 amide bonds. The Morgan fingerprint density at radius 1 is 1.62 bits per heavy atom.